The molecule has 0 unspecified atom stereocenters. The molecular weight excluding hydrogens is 187 g/mol. The van der Waals surface area contributed by atoms with Gasteiger partial charge in [-0.3, -0.25) is 0 Å². The minimum Gasteiger partial charge on any atom is -0.478 e. The van der Waals surface area contributed by atoms with Gasteiger partial charge in [-0.05, 0) is 18.4 Å². The normalized spacial score (nSPS) is 12.7. The van der Waals surface area contributed by atoms with Crippen LogP contribution < -0.4 is 0 Å². The van der Waals surface area contributed by atoms with Crippen molar-refractivity contribution in [2.24, 2.45) is 0 Å². The molecule has 0 aromatic heterocycles. The largest absolute Gasteiger partial charge is 0.478 e. The van der Waals surface area contributed by atoms with Gasteiger partial charge < -0.3 is 5.11 Å². The molecule has 1 N–H and O–H groups in total. The van der Waals surface area contributed by atoms with Crippen LogP contribution in [0.2, 0.25) is 0 Å². The molecule has 0 radical (unpaired) electrons. The van der Waals surface area contributed by atoms with Gasteiger partial charge in [0, 0.05) is 6.08 Å². The van der Waals surface area contributed by atoms with Crippen LogP contribution in [0.1, 0.15) is 12.8 Å². The van der Waals surface area contributed by atoms with Crippen LogP contribution in [-0.4, -0.2) is 11.1 Å². The number of allylic oxidation sites excluding steroid dienone is 1. The molecule has 11 heavy (non-hydrogen) atoms. The van der Waals surface area contributed by atoms with Crippen molar-refractivity contribution >= 4 is 29.2 Å². The molecule has 1 fully saturated rings. The van der Waals surface area contributed by atoms with Crippen LogP contribution in [-0.2, 0) is 4.79 Å². The highest BCUT2D eigenvalue weighted by atomic mass is 35.5. The molecule has 0 aliphatic heterocycles. The zero-order valence-corrected chi connectivity index (χ0v) is 7.32. The number of hydrogen-bond donors (Lipinski definition) is 1. The monoisotopic (exact) mass is 194 g/mol. The van der Waals surface area contributed by atoms with Crippen molar-refractivity contribution in [2.75, 3.05) is 0 Å². The Kier molecular flexibility index (Phi) is 4.99. The maximum Gasteiger partial charge on any atom is 0.327 e. The number of halogens is 2. The quantitative estimate of drug-likeness (QED) is 0.653. The van der Waals surface area contributed by atoms with Gasteiger partial charge in [-0.2, -0.15) is 0 Å². The molecule has 0 amide bonds. The number of aliphatic carboxylic acids is 1. The maximum absolute atomic E-state index is 9.25. The maximum atomic E-state index is 9.25. The number of hydrogen-bond acceptors (Lipinski definition) is 1. The minimum atomic E-state index is -0.981. The standard InChI is InChI=1S/C4H4Cl2.C3H4O2/c5-4(6)3-1-2-3;1-2-3(4)5/h1-2H2;2H,1H2,(H,4,5). The van der Waals surface area contributed by atoms with E-state index in [1.54, 1.807) is 0 Å². The SMILES string of the molecule is C=CC(=O)O.ClC(Cl)=C1CC1. The lowest BCUT2D eigenvalue weighted by Gasteiger charge is -1.69. The summed E-state index contributed by atoms with van der Waals surface area (Å²) in [5.74, 6) is -0.981. The molecule has 2 nitrogen and oxygen atoms in total. The van der Waals surface area contributed by atoms with Crippen molar-refractivity contribution < 1.29 is 9.90 Å². The van der Waals surface area contributed by atoms with E-state index in [0.717, 1.165) is 18.9 Å². The van der Waals surface area contributed by atoms with Crippen LogP contribution in [0.25, 0.3) is 0 Å². The molecule has 1 saturated carbocycles. The highest BCUT2D eigenvalue weighted by Crippen LogP contribution is 2.34. The topological polar surface area (TPSA) is 37.3 Å². The summed E-state index contributed by atoms with van der Waals surface area (Å²) >= 11 is 10.6. The lowest BCUT2D eigenvalue weighted by Crippen LogP contribution is -1.82. The first-order valence-corrected chi connectivity index (χ1v) is 3.72. The molecule has 1 aliphatic carbocycles. The predicted molar refractivity (Wildman–Crippen MR) is 45.8 cm³/mol. The van der Waals surface area contributed by atoms with Crippen LogP contribution in [0.4, 0.5) is 0 Å². The van der Waals surface area contributed by atoms with Gasteiger partial charge in [0.05, 0.1) is 0 Å². The van der Waals surface area contributed by atoms with Gasteiger partial charge in [-0.15, -0.1) is 0 Å². The minimum absolute atomic E-state index is 0.481. The van der Waals surface area contributed by atoms with Crippen molar-refractivity contribution in [3.63, 3.8) is 0 Å². The molecule has 0 saturated heterocycles. The molecule has 1 rings (SSSR count). The van der Waals surface area contributed by atoms with E-state index in [-0.39, 0.29) is 0 Å². The highest BCUT2D eigenvalue weighted by molar-refractivity contribution is 6.56. The second-order valence-electron chi connectivity index (χ2n) is 1.91. The molecular formula is C7H8Cl2O2. The van der Waals surface area contributed by atoms with E-state index in [1.165, 1.54) is 5.57 Å². The summed E-state index contributed by atoms with van der Waals surface area (Å²) in [5.41, 5.74) is 1.21. The van der Waals surface area contributed by atoms with E-state index in [9.17, 15) is 4.79 Å². The smallest absolute Gasteiger partial charge is 0.327 e. The van der Waals surface area contributed by atoms with Gasteiger partial charge in [0.15, 0.2) is 0 Å². The van der Waals surface area contributed by atoms with Gasteiger partial charge >= 0.3 is 5.97 Å². The fraction of sp³-hybridized carbons (Fsp3) is 0.286. The van der Waals surface area contributed by atoms with E-state index < -0.39 is 5.97 Å². The van der Waals surface area contributed by atoms with Gasteiger partial charge in [-0.1, -0.05) is 29.8 Å². The van der Waals surface area contributed by atoms with Gasteiger partial charge in [0.1, 0.15) is 4.49 Å². The lowest BCUT2D eigenvalue weighted by atomic mass is 10.7. The summed E-state index contributed by atoms with van der Waals surface area (Å²) in [6, 6.07) is 0. The molecule has 1 aliphatic rings. The number of carboxylic acid groups (broad SMARTS) is 1. The lowest BCUT2D eigenvalue weighted by molar-refractivity contribution is -0.131. The summed E-state index contributed by atoms with van der Waals surface area (Å²) in [4.78, 5) is 9.25. The van der Waals surface area contributed by atoms with Crippen molar-refractivity contribution in [3.8, 4) is 0 Å². The molecule has 62 valence electrons. The Morgan fingerprint density at radius 1 is 1.55 bits per heavy atom. The van der Waals surface area contributed by atoms with Crippen LogP contribution in [0, 0.1) is 0 Å². The molecule has 0 heterocycles. The molecule has 0 atom stereocenters. The number of carbonyl (C=O) groups is 1. The van der Waals surface area contributed by atoms with Gasteiger partial charge in [0.2, 0.25) is 0 Å². The number of carboxylic acids is 1. The van der Waals surface area contributed by atoms with E-state index >= 15 is 0 Å². The molecule has 0 aromatic carbocycles. The van der Waals surface area contributed by atoms with E-state index in [1.807, 2.05) is 0 Å². The second kappa shape index (κ2) is 5.22. The van der Waals surface area contributed by atoms with E-state index in [0.29, 0.717) is 4.49 Å². The first-order chi connectivity index (χ1) is 5.07. The zero-order chi connectivity index (χ0) is 8.85. The van der Waals surface area contributed by atoms with E-state index in [4.69, 9.17) is 28.3 Å². The average molecular weight is 195 g/mol. The van der Waals surface area contributed by atoms with Gasteiger partial charge in [0.25, 0.3) is 0 Å². The molecule has 0 aromatic rings. The summed E-state index contributed by atoms with van der Waals surface area (Å²) in [6.07, 6.45) is 3.06. The third kappa shape index (κ3) is 7.43. The van der Waals surface area contributed by atoms with Crippen LogP contribution in [0.3, 0.4) is 0 Å². The third-order valence-electron chi connectivity index (χ3n) is 0.942. The van der Waals surface area contributed by atoms with Crippen molar-refractivity contribution in [3.05, 3.63) is 22.7 Å². The fourth-order valence-corrected chi connectivity index (χ4v) is 0.629. The Hall–Kier alpha value is -0.470. The Balaban J connectivity index is 0.000000187. The van der Waals surface area contributed by atoms with Crippen molar-refractivity contribution in [1.29, 1.82) is 0 Å². The Morgan fingerprint density at radius 3 is 1.91 bits per heavy atom. The predicted octanol–water partition coefficient (Wildman–Crippen LogP) is 2.73. The molecule has 4 heteroatoms. The first-order valence-electron chi connectivity index (χ1n) is 2.96. The summed E-state index contributed by atoms with van der Waals surface area (Å²) < 4.78 is 0.481. The molecule has 0 bridgehead atoms. The van der Waals surface area contributed by atoms with E-state index in [2.05, 4.69) is 6.58 Å². The summed E-state index contributed by atoms with van der Waals surface area (Å²) in [5, 5.41) is 7.60. The van der Waals surface area contributed by atoms with Crippen molar-refractivity contribution in [2.45, 2.75) is 12.8 Å². The number of rotatable bonds is 1. The zero-order valence-electron chi connectivity index (χ0n) is 5.81. The van der Waals surface area contributed by atoms with Gasteiger partial charge in [-0.25, -0.2) is 4.79 Å². The van der Waals surface area contributed by atoms with Crippen LogP contribution in [0.5, 0.6) is 0 Å². The summed E-state index contributed by atoms with van der Waals surface area (Å²) in [6.45, 7) is 2.96. The van der Waals surface area contributed by atoms with Crippen molar-refractivity contribution in [1.82, 2.24) is 0 Å². The molecule has 0 spiro atoms. The van der Waals surface area contributed by atoms with Crippen LogP contribution >= 0.6 is 23.2 Å². The second-order valence-corrected chi connectivity index (χ2v) is 2.86. The highest BCUT2D eigenvalue weighted by Gasteiger charge is 2.13. The third-order valence-corrected chi connectivity index (χ3v) is 1.48. The average Bonchev–Trinajstić information content (AvgIpc) is 2.69. The Labute approximate surface area is 75.1 Å². The van der Waals surface area contributed by atoms with Crippen LogP contribution in [0.15, 0.2) is 22.7 Å². The Bertz CT molecular complexity index is 187. The Morgan fingerprint density at radius 2 is 1.91 bits per heavy atom. The first kappa shape index (κ1) is 10.5. The summed E-state index contributed by atoms with van der Waals surface area (Å²) in [7, 11) is 0. The fourth-order valence-electron chi connectivity index (χ4n) is 0.251.